The molecule has 2 N–H and O–H groups in total. The molecule has 5 fully saturated rings. The van der Waals surface area contributed by atoms with Crippen LogP contribution in [0.4, 0.5) is 5.82 Å². The molecule has 0 radical (unpaired) electrons. The van der Waals surface area contributed by atoms with Crippen LogP contribution in [0.15, 0.2) is 36.5 Å². The van der Waals surface area contributed by atoms with Gasteiger partial charge in [-0.05, 0) is 87.0 Å². The second kappa shape index (κ2) is 8.35. The van der Waals surface area contributed by atoms with E-state index in [0.29, 0.717) is 34.9 Å². The molecule has 0 spiro atoms. The molecule has 3 heterocycles. The van der Waals surface area contributed by atoms with E-state index >= 15 is 0 Å². The van der Waals surface area contributed by atoms with E-state index in [4.69, 9.17) is 10.2 Å². The Kier molecular flexibility index (Phi) is 5.29. The third-order valence-electron chi connectivity index (χ3n) is 8.66. The number of pyridine rings is 2. The lowest BCUT2D eigenvalue weighted by molar-refractivity contribution is -0.136. The molecule has 1 amide bonds. The van der Waals surface area contributed by atoms with Crippen molar-refractivity contribution in [2.24, 2.45) is 17.8 Å². The molecule has 4 aliphatic carbocycles. The lowest BCUT2D eigenvalue weighted by atomic mass is 9.52. The van der Waals surface area contributed by atoms with Gasteiger partial charge in [0.05, 0.1) is 11.2 Å². The highest BCUT2D eigenvalue weighted by atomic mass is 16.3. The van der Waals surface area contributed by atoms with Gasteiger partial charge in [0.1, 0.15) is 17.6 Å². The van der Waals surface area contributed by atoms with E-state index in [1.54, 1.807) is 12.3 Å². The molecule has 7 rings (SSSR count). The lowest BCUT2D eigenvalue weighted by Crippen LogP contribution is -2.61. The van der Waals surface area contributed by atoms with E-state index in [9.17, 15) is 9.90 Å². The smallest absolute Gasteiger partial charge is 0.270 e. The van der Waals surface area contributed by atoms with Crippen molar-refractivity contribution >= 4 is 11.7 Å². The van der Waals surface area contributed by atoms with Gasteiger partial charge in [-0.15, -0.1) is 0 Å². The minimum Gasteiger partial charge on any atom is -0.390 e. The van der Waals surface area contributed by atoms with E-state index in [0.717, 1.165) is 69.5 Å². The number of nitrogens with one attached hydrogen (secondary N) is 1. The van der Waals surface area contributed by atoms with Crippen molar-refractivity contribution in [2.75, 3.05) is 18.0 Å². The summed E-state index contributed by atoms with van der Waals surface area (Å²) in [7, 11) is 0. The van der Waals surface area contributed by atoms with Gasteiger partial charge in [0.15, 0.2) is 0 Å². The van der Waals surface area contributed by atoms with Crippen LogP contribution >= 0.6 is 0 Å². The molecule has 0 aromatic carbocycles. The number of carbonyl (C=O) groups excluding carboxylic acids is 1. The average Bonchev–Trinajstić information content (AvgIpc) is 2.85. The van der Waals surface area contributed by atoms with Crippen LogP contribution in [0.3, 0.4) is 0 Å². The number of nitriles is 1. The molecule has 2 unspecified atom stereocenters. The Bertz CT molecular complexity index is 1100. The minimum atomic E-state index is -0.491. The summed E-state index contributed by atoms with van der Waals surface area (Å²) in [5, 5.41) is 23.1. The summed E-state index contributed by atoms with van der Waals surface area (Å²) in [6.07, 6.45) is 8.42. The number of rotatable bonds is 4. The van der Waals surface area contributed by atoms with Gasteiger partial charge in [-0.1, -0.05) is 6.07 Å². The van der Waals surface area contributed by atoms with Crippen molar-refractivity contribution in [1.29, 1.82) is 5.26 Å². The highest BCUT2D eigenvalue weighted by molar-refractivity contribution is 5.93. The first kappa shape index (κ1) is 21.5. The zero-order chi connectivity index (χ0) is 23.3. The van der Waals surface area contributed by atoms with Gasteiger partial charge >= 0.3 is 0 Å². The molecule has 4 bridgehead atoms. The average molecular weight is 458 g/mol. The molecule has 2 aromatic rings. The number of nitrogens with zero attached hydrogens (tertiary/aromatic N) is 4. The normalized spacial score (nSPS) is 32.4. The van der Waals surface area contributed by atoms with Crippen LogP contribution in [-0.2, 0) is 0 Å². The highest BCUT2D eigenvalue weighted by Crippen LogP contribution is 2.55. The molecular weight excluding hydrogens is 426 g/mol. The number of amides is 1. The van der Waals surface area contributed by atoms with Gasteiger partial charge in [0.25, 0.3) is 5.91 Å². The Labute approximate surface area is 200 Å². The summed E-state index contributed by atoms with van der Waals surface area (Å²) >= 11 is 0. The van der Waals surface area contributed by atoms with Gasteiger partial charge in [-0.2, -0.15) is 5.26 Å². The molecule has 1 aliphatic heterocycles. The Morgan fingerprint density at radius 3 is 2.53 bits per heavy atom. The third kappa shape index (κ3) is 3.94. The largest absolute Gasteiger partial charge is 0.390 e. The van der Waals surface area contributed by atoms with Crippen LogP contribution in [0.2, 0.25) is 0 Å². The number of hydrogen-bond acceptors (Lipinski definition) is 6. The molecule has 5 aliphatic rings. The standard InChI is InChI=1S/C27H31N5O2/c28-15-17-4-5-22(29-16-17)19-6-8-32(9-7-19)24-3-1-2-23(30-24)26(33)31-25-20-10-18-11-21(25)14-27(34,12-18)13-20/h1-5,16,18-21,25,34H,6-14H2,(H,31,33)/t18?,20?,21?,25-,27-. The third-order valence-corrected chi connectivity index (χ3v) is 8.66. The molecule has 2 atom stereocenters. The summed E-state index contributed by atoms with van der Waals surface area (Å²) in [5.74, 6) is 2.53. The number of anilines is 1. The first-order valence-electron chi connectivity index (χ1n) is 12.6. The molecule has 1 saturated heterocycles. The summed E-state index contributed by atoms with van der Waals surface area (Å²) in [6.45, 7) is 1.72. The van der Waals surface area contributed by atoms with Crippen LogP contribution in [0.25, 0.3) is 0 Å². The fourth-order valence-electron chi connectivity index (χ4n) is 7.29. The fourth-order valence-corrected chi connectivity index (χ4v) is 7.29. The molecule has 4 saturated carbocycles. The van der Waals surface area contributed by atoms with Crippen LogP contribution in [0, 0.1) is 29.1 Å². The maximum absolute atomic E-state index is 13.2. The second-order valence-electron chi connectivity index (χ2n) is 10.9. The van der Waals surface area contributed by atoms with Crippen molar-refractivity contribution in [2.45, 2.75) is 62.5 Å². The van der Waals surface area contributed by atoms with Gasteiger partial charge < -0.3 is 15.3 Å². The lowest BCUT2D eigenvalue weighted by Gasteiger charge is -2.58. The Balaban J connectivity index is 1.09. The maximum atomic E-state index is 13.2. The quantitative estimate of drug-likeness (QED) is 0.730. The Morgan fingerprint density at radius 2 is 1.88 bits per heavy atom. The fraction of sp³-hybridized carbons (Fsp3) is 0.556. The van der Waals surface area contributed by atoms with Gasteiger partial charge in [0, 0.05) is 36.9 Å². The maximum Gasteiger partial charge on any atom is 0.270 e. The molecule has 176 valence electrons. The number of aromatic nitrogens is 2. The zero-order valence-electron chi connectivity index (χ0n) is 19.4. The van der Waals surface area contributed by atoms with E-state index in [1.807, 2.05) is 24.3 Å². The van der Waals surface area contributed by atoms with Gasteiger partial charge in [0.2, 0.25) is 0 Å². The molecule has 34 heavy (non-hydrogen) atoms. The summed E-state index contributed by atoms with van der Waals surface area (Å²) in [6, 6.07) is 11.8. The van der Waals surface area contributed by atoms with Crippen molar-refractivity contribution in [1.82, 2.24) is 15.3 Å². The predicted octanol–water partition coefficient (Wildman–Crippen LogP) is 3.40. The molecular formula is C27H31N5O2. The second-order valence-corrected chi connectivity index (χ2v) is 10.9. The molecule has 7 heteroatoms. The zero-order valence-corrected chi connectivity index (χ0v) is 19.4. The summed E-state index contributed by atoms with van der Waals surface area (Å²) < 4.78 is 0. The SMILES string of the molecule is N#Cc1ccc(C2CCN(c3cccc(C(=O)N[C@H]4C5CC6CC4C[C@](O)(C6)C5)n3)CC2)nc1. The predicted molar refractivity (Wildman–Crippen MR) is 127 cm³/mol. The van der Waals surface area contributed by atoms with Gasteiger partial charge in [-0.3, -0.25) is 9.78 Å². The molecule has 2 aromatic heterocycles. The minimum absolute atomic E-state index is 0.0945. The summed E-state index contributed by atoms with van der Waals surface area (Å²) in [4.78, 5) is 24.6. The van der Waals surface area contributed by atoms with E-state index in [-0.39, 0.29) is 11.9 Å². The summed E-state index contributed by atoms with van der Waals surface area (Å²) in [5.41, 5.74) is 1.61. The highest BCUT2D eigenvalue weighted by Gasteiger charge is 2.55. The number of piperidine rings is 1. The van der Waals surface area contributed by atoms with E-state index < -0.39 is 5.60 Å². The van der Waals surface area contributed by atoms with Crippen LogP contribution < -0.4 is 10.2 Å². The van der Waals surface area contributed by atoms with Crippen molar-refractivity contribution in [3.05, 3.63) is 53.5 Å². The van der Waals surface area contributed by atoms with Crippen LogP contribution in [0.5, 0.6) is 0 Å². The van der Waals surface area contributed by atoms with Gasteiger partial charge in [-0.25, -0.2) is 4.98 Å². The topological polar surface area (TPSA) is 102 Å². The van der Waals surface area contributed by atoms with Crippen molar-refractivity contribution in [3.63, 3.8) is 0 Å². The number of aliphatic hydroxyl groups is 1. The monoisotopic (exact) mass is 457 g/mol. The van der Waals surface area contributed by atoms with Crippen molar-refractivity contribution in [3.8, 4) is 6.07 Å². The number of hydrogen-bond donors (Lipinski definition) is 2. The first-order chi connectivity index (χ1) is 16.5. The van der Waals surface area contributed by atoms with E-state index in [1.165, 1.54) is 0 Å². The number of carbonyl (C=O) groups is 1. The Morgan fingerprint density at radius 1 is 1.12 bits per heavy atom. The Hall–Kier alpha value is -2.98. The van der Waals surface area contributed by atoms with Crippen molar-refractivity contribution < 1.29 is 9.90 Å². The first-order valence-corrected chi connectivity index (χ1v) is 12.6. The van der Waals surface area contributed by atoms with E-state index in [2.05, 4.69) is 21.3 Å². The molecule has 7 nitrogen and oxygen atoms in total. The van der Waals surface area contributed by atoms with Crippen LogP contribution in [-0.4, -0.2) is 45.7 Å². The van der Waals surface area contributed by atoms with Crippen LogP contribution in [0.1, 0.15) is 72.6 Å².